The molecule has 2 aliphatic carbocycles. The van der Waals surface area contributed by atoms with Gasteiger partial charge in [0, 0.05) is 0 Å². The molecule has 0 N–H and O–H groups in total. The van der Waals surface area contributed by atoms with Crippen molar-refractivity contribution in [1.29, 1.82) is 0 Å². The minimum atomic E-state index is 0.410. The van der Waals surface area contributed by atoms with Gasteiger partial charge in [-0.2, -0.15) is 0 Å². The third-order valence-electron chi connectivity index (χ3n) is 6.66. The summed E-state index contributed by atoms with van der Waals surface area (Å²) in [5.41, 5.74) is 9.48. The van der Waals surface area contributed by atoms with E-state index in [2.05, 4.69) is 78.5 Å². The van der Waals surface area contributed by atoms with Crippen molar-refractivity contribution in [3.8, 4) is 0 Å². The number of allylic oxidation sites excluding steroid dienone is 11. The maximum absolute atomic E-state index is 4.08. The maximum atomic E-state index is 4.08. The van der Waals surface area contributed by atoms with Gasteiger partial charge in [0.1, 0.15) is 0 Å². The van der Waals surface area contributed by atoms with Crippen LogP contribution in [0, 0.1) is 11.3 Å². The van der Waals surface area contributed by atoms with Gasteiger partial charge in [0.05, 0.1) is 0 Å². The van der Waals surface area contributed by atoms with Crippen LogP contribution in [-0.4, -0.2) is 0 Å². The van der Waals surface area contributed by atoms with Gasteiger partial charge in [0.25, 0.3) is 0 Å². The third kappa shape index (κ3) is 8.66. The van der Waals surface area contributed by atoms with E-state index in [1.54, 1.807) is 16.7 Å². The predicted octanol–water partition coefficient (Wildman–Crippen LogP) is 10.1. The van der Waals surface area contributed by atoms with Crippen molar-refractivity contribution in [1.82, 2.24) is 0 Å². The van der Waals surface area contributed by atoms with Crippen LogP contribution in [0.25, 0.3) is 0 Å². The van der Waals surface area contributed by atoms with E-state index in [1.807, 2.05) is 13.8 Å². The van der Waals surface area contributed by atoms with E-state index in [-0.39, 0.29) is 0 Å². The molecule has 0 aromatic carbocycles. The van der Waals surface area contributed by atoms with Gasteiger partial charge in [-0.25, -0.2) is 0 Å². The second kappa shape index (κ2) is 13.0. The zero-order valence-electron chi connectivity index (χ0n) is 21.3. The molecule has 0 fully saturated rings. The smallest absolute Gasteiger partial charge is 0.0142 e. The fourth-order valence-electron chi connectivity index (χ4n) is 4.76. The first-order valence-corrected chi connectivity index (χ1v) is 12.3. The van der Waals surface area contributed by atoms with Crippen molar-refractivity contribution < 1.29 is 0 Å². The first kappa shape index (κ1) is 26.5. The highest BCUT2D eigenvalue weighted by Crippen LogP contribution is 2.42. The lowest BCUT2D eigenvalue weighted by Gasteiger charge is -2.35. The molecule has 0 saturated carbocycles. The minimum Gasteiger partial charge on any atom is -0.0958 e. The van der Waals surface area contributed by atoms with Crippen LogP contribution >= 0.6 is 0 Å². The Kier molecular flexibility index (Phi) is 11.5. The summed E-state index contributed by atoms with van der Waals surface area (Å²) in [4.78, 5) is 0. The summed E-state index contributed by atoms with van der Waals surface area (Å²) >= 11 is 0. The van der Waals surface area contributed by atoms with Gasteiger partial charge in [-0.1, -0.05) is 99.4 Å². The number of hydrogen-bond donors (Lipinski definition) is 0. The van der Waals surface area contributed by atoms with Crippen LogP contribution in [0.3, 0.4) is 0 Å². The molecule has 0 nitrogen and oxygen atoms in total. The molecular formula is C30H48. The van der Waals surface area contributed by atoms with Crippen molar-refractivity contribution in [2.75, 3.05) is 0 Å². The van der Waals surface area contributed by atoms with E-state index in [1.165, 1.54) is 48.8 Å². The van der Waals surface area contributed by atoms with E-state index in [4.69, 9.17) is 0 Å². The molecular weight excluding hydrogens is 360 g/mol. The van der Waals surface area contributed by atoms with Crippen LogP contribution in [-0.2, 0) is 0 Å². The molecule has 2 rings (SSSR count). The molecule has 0 aliphatic heterocycles. The lowest BCUT2D eigenvalue weighted by Crippen LogP contribution is -2.20. The first-order valence-electron chi connectivity index (χ1n) is 12.3. The summed E-state index contributed by atoms with van der Waals surface area (Å²) in [5, 5.41) is 0. The van der Waals surface area contributed by atoms with Crippen LogP contribution in [0.15, 0.2) is 70.4 Å². The van der Waals surface area contributed by atoms with Gasteiger partial charge in [-0.15, -0.1) is 0 Å². The van der Waals surface area contributed by atoms with Crippen molar-refractivity contribution in [2.45, 2.75) is 107 Å². The fraction of sp³-hybridized carbons (Fsp3) is 0.600. The molecule has 0 heterocycles. The molecule has 0 aromatic rings. The Hall–Kier alpha value is -1.56. The molecule has 0 aromatic heterocycles. The van der Waals surface area contributed by atoms with Gasteiger partial charge in [0.2, 0.25) is 0 Å². The normalized spacial score (nSPS) is 22.3. The van der Waals surface area contributed by atoms with E-state index in [9.17, 15) is 0 Å². The van der Waals surface area contributed by atoms with Gasteiger partial charge < -0.3 is 0 Å². The number of rotatable bonds is 8. The molecule has 1 atom stereocenters. The van der Waals surface area contributed by atoms with Crippen LogP contribution in [0.1, 0.15) is 107 Å². The second-order valence-corrected chi connectivity index (χ2v) is 9.87. The molecule has 168 valence electrons. The topological polar surface area (TPSA) is 0 Å². The summed E-state index contributed by atoms with van der Waals surface area (Å²) in [6.45, 7) is 22.1. The quantitative estimate of drug-likeness (QED) is 0.277. The number of hydrogen-bond acceptors (Lipinski definition) is 0. The SMILES string of the molecule is C=C1C=C(/C=C/C=C(/C)CC/C=C(\C)CCC2=C(C)CCCC2(C)C)C(C)C1.CC. The molecule has 0 heteroatoms. The van der Waals surface area contributed by atoms with E-state index in [0.717, 1.165) is 19.3 Å². The Balaban J connectivity index is 0.00000218. The zero-order valence-corrected chi connectivity index (χ0v) is 21.3. The van der Waals surface area contributed by atoms with Crippen molar-refractivity contribution >= 4 is 0 Å². The van der Waals surface area contributed by atoms with E-state index < -0.39 is 0 Å². The van der Waals surface area contributed by atoms with Crippen LogP contribution in [0.2, 0.25) is 0 Å². The molecule has 30 heavy (non-hydrogen) atoms. The second-order valence-electron chi connectivity index (χ2n) is 9.87. The van der Waals surface area contributed by atoms with Crippen LogP contribution in [0.4, 0.5) is 0 Å². The average molecular weight is 409 g/mol. The van der Waals surface area contributed by atoms with E-state index >= 15 is 0 Å². The van der Waals surface area contributed by atoms with Crippen LogP contribution < -0.4 is 0 Å². The maximum Gasteiger partial charge on any atom is -0.0142 e. The summed E-state index contributed by atoms with van der Waals surface area (Å²) in [7, 11) is 0. The van der Waals surface area contributed by atoms with Gasteiger partial charge in [-0.05, 0) is 89.0 Å². The molecule has 0 saturated heterocycles. The standard InChI is InChI=1S/C28H42.C2H6/c1-21(13-9-15-26-20-23(3)19-25(26)5)11-8-12-22(2)16-17-27-24(4)14-10-18-28(27,6)7;1-2/h9,12-13,15,20,25H,3,8,10-11,14,16-19H2,1-2,4-7H3;1-2H3/b15-9+,21-13-,22-12+;. The van der Waals surface area contributed by atoms with E-state index in [0.29, 0.717) is 11.3 Å². The largest absolute Gasteiger partial charge is 0.0958 e. The highest BCUT2D eigenvalue weighted by atomic mass is 14.3. The Labute approximate surface area is 188 Å². The van der Waals surface area contributed by atoms with Crippen molar-refractivity contribution in [3.63, 3.8) is 0 Å². The minimum absolute atomic E-state index is 0.410. The third-order valence-corrected chi connectivity index (χ3v) is 6.66. The molecule has 2 aliphatic rings. The van der Waals surface area contributed by atoms with Gasteiger partial charge in [0.15, 0.2) is 0 Å². The van der Waals surface area contributed by atoms with Gasteiger partial charge in [-0.3, -0.25) is 0 Å². The molecule has 0 radical (unpaired) electrons. The molecule has 0 spiro atoms. The monoisotopic (exact) mass is 408 g/mol. The first-order chi connectivity index (χ1) is 14.2. The lowest BCUT2D eigenvalue weighted by atomic mass is 9.71. The lowest BCUT2D eigenvalue weighted by molar-refractivity contribution is 0.354. The van der Waals surface area contributed by atoms with Gasteiger partial charge >= 0.3 is 0 Å². The Bertz CT molecular complexity index is 715. The Morgan fingerprint density at radius 3 is 2.47 bits per heavy atom. The van der Waals surface area contributed by atoms with Crippen LogP contribution in [0.5, 0.6) is 0 Å². The average Bonchev–Trinajstić information content (AvgIpc) is 2.99. The molecule has 0 bridgehead atoms. The summed E-state index contributed by atoms with van der Waals surface area (Å²) < 4.78 is 0. The summed E-state index contributed by atoms with van der Waals surface area (Å²) in [5.74, 6) is 0.621. The fourth-order valence-corrected chi connectivity index (χ4v) is 4.76. The Morgan fingerprint density at radius 1 is 1.17 bits per heavy atom. The van der Waals surface area contributed by atoms with Crippen molar-refractivity contribution in [3.05, 3.63) is 70.4 Å². The summed E-state index contributed by atoms with van der Waals surface area (Å²) in [6, 6.07) is 0. The molecule has 1 unspecified atom stereocenters. The Morgan fingerprint density at radius 2 is 1.87 bits per heavy atom. The molecule has 0 amide bonds. The highest BCUT2D eigenvalue weighted by molar-refractivity contribution is 5.38. The zero-order chi connectivity index (χ0) is 22.7. The summed E-state index contributed by atoms with van der Waals surface area (Å²) in [6.07, 6.45) is 21.3. The highest BCUT2D eigenvalue weighted by Gasteiger charge is 2.27. The predicted molar refractivity (Wildman–Crippen MR) is 138 cm³/mol. The van der Waals surface area contributed by atoms with Crippen molar-refractivity contribution in [2.24, 2.45) is 11.3 Å².